The van der Waals surface area contributed by atoms with E-state index in [1.807, 2.05) is 60.7 Å². The summed E-state index contributed by atoms with van der Waals surface area (Å²) in [7, 11) is 0. The number of cyclic esters (lactones) is 1. The fourth-order valence-electron chi connectivity index (χ4n) is 5.57. The molecule has 2 saturated heterocycles. The second-order valence-corrected chi connectivity index (χ2v) is 9.46. The minimum Gasteiger partial charge on any atom is -0.444 e. The maximum atomic E-state index is 13.2. The van der Waals surface area contributed by atoms with Gasteiger partial charge in [0, 0.05) is 19.0 Å². The topological polar surface area (TPSA) is 93.2 Å². The molecule has 2 aromatic rings. The van der Waals surface area contributed by atoms with Crippen LogP contribution in [-0.4, -0.2) is 58.8 Å². The molecule has 1 aliphatic carbocycles. The number of nitrogens with zero attached hydrogens (tertiary/aromatic N) is 2. The SMILES string of the molecule is C[C@H](c1ccccc1)N1C[C@@H]2C[C@H]1C(=O)C2C(=O)C[C@H]1C(=O)OCN1C(=O)OCc1ccccc1. The molecule has 0 spiro atoms. The first-order valence-corrected chi connectivity index (χ1v) is 11.9. The fourth-order valence-corrected chi connectivity index (χ4v) is 5.57. The van der Waals surface area contributed by atoms with Crippen LogP contribution in [0.15, 0.2) is 60.7 Å². The number of fused-ring (bicyclic) bond motifs is 2. The van der Waals surface area contributed by atoms with Crippen LogP contribution in [0.4, 0.5) is 4.79 Å². The van der Waals surface area contributed by atoms with E-state index in [9.17, 15) is 19.2 Å². The third kappa shape index (κ3) is 4.46. The average Bonchev–Trinajstić information content (AvgIpc) is 3.56. The zero-order valence-electron chi connectivity index (χ0n) is 19.5. The van der Waals surface area contributed by atoms with Gasteiger partial charge >= 0.3 is 12.1 Å². The third-order valence-corrected chi connectivity index (χ3v) is 7.43. The number of esters is 1. The minimum atomic E-state index is -1.07. The van der Waals surface area contributed by atoms with E-state index in [4.69, 9.17) is 9.47 Å². The Morgan fingerprint density at radius 1 is 1.06 bits per heavy atom. The van der Waals surface area contributed by atoms with Gasteiger partial charge in [-0.05, 0) is 30.4 Å². The summed E-state index contributed by atoms with van der Waals surface area (Å²) in [4.78, 5) is 54.7. The van der Waals surface area contributed by atoms with Gasteiger partial charge < -0.3 is 9.47 Å². The molecule has 1 unspecified atom stereocenters. The summed E-state index contributed by atoms with van der Waals surface area (Å²) in [5.74, 6) is -1.86. The molecule has 2 heterocycles. The van der Waals surface area contributed by atoms with Crippen molar-refractivity contribution in [1.29, 1.82) is 0 Å². The number of carbonyl (C=O) groups excluding carboxylic acids is 4. The molecule has 2 aliphatic heterocycles. The number of piperidine rings is 1. The van der Waals surface area contributed by atoms with Gasteiger partial charge in [-0.3, -0.25) is 19.4 Å². The van der Waals surface area contributed by atoms with Crippen LogP contribution in [0.25, 0.3) is 0 Å². The Morgan fingerprint density at radius 2 is 1.74 bits per heavy atom. The molecule has 5 rings (SSSR count). The van der Waals surface area contributed by atoms with Gasteiger partial charge in [-0.25, -0.2) is 9.59 Å². The highest BCUT2D eigenvalue weighted by atomic mass is 16.6. The van der Waals surface area contributed by atoms with Crippen LogP contribution in [-0.2, 0) is 30.5 Å². The summed E-state index contributed by atoms with van der Waals surface area (Å²) < 4.78 is 10.4. The average molecular weight is 477 g/mol. The number of hydrogen-bond acceptors (Lipinski definition) is 7. The zero-order chi connectivity index (χ0) is 24.5. The zero-order valence-corrected chi connectivity index (χ0v) is 19.5. The van der Waals surface area contributed by atoms with Crippen LogP contribution in [0, 0.1) is 11.8 Å². The van der Waals surface area contributed by atoms with Gasteiger partial charge in [0.2, 0.25) is 0 Å². The first-order valence-electron chi connectivity index (χ1n) is 11.9. The minimum absolute atomic E-state index is 0.0470. The molecule has 1 amide bonds. The molecular weight excluding hydrogens is 448 g/mol. The largest absolute Gasteiger partial charge is 0.444 e. The monoisotopic (exact) mass is 476 g/mol. The summed E-state index contributed by atoms with van der Waals surface area (Å²) in [5.41, 5.74) is 1.94. The van der Waals surface area contributed by atoms with Crippen molar-refractivity contribution in [3.8, 4) is 0 Å². The predicted octanol–water partition coefficient (Wildman–Crippen LogP) is 3.12. The van der Waals surface area contributed by atoms with Crippen molar-refractivity contribution in [3.63, 3.8) is 0 Å². The van der Waals surface area contributed by atoms with Gasteiger partial charge in [-0.2, -0.15) is 0 Å². The van der Waals surface area contributed by atoms with Gasteiger partial charge in [0.25, 0.3) is 0 Å². The van der Waals surface area contributed by atoms with Gasteiger partial charge in [0.1, 0.15) is 18.4 Å². The Balaban J connectivity index is 1.21. The molecule has 182 valence electrons. The second kappa shape index (κ2) is 9.62. The summed E-state index contributed by atoms with van der Waals surface area (Å²) in [6, 6.07) is 17.9. The molecule has 2 aromatic carbocycles. The van der Waals surface area contributed by atoms with Gasteiger partial charge in [0.15, 0.2) is 12.5 Å². The first-order chi connectivity index (χ1) is 16.9. The van der Waals surface area contributed by atoms with E-state index in [0.29, 0.717) is 13.0 Å². The molecule has 8 nitrogen and oxygen atoms in total. The molecule has 3 fully saturated rings. The van der Waals surface area contributed by atoms with Crippen molar-refractivity contribution in [2.75, 3.05) is 13.3 Å². The van der Waals surface area contributed by atoms with E-state index in [1.54, 1.807) is 0 Å². The number of carbonyl (C=O) groups is 4. The van der Waals surface area contributed by atoms with Gasteiger partial charge in [0.05, 0.1) is 12.0 Å². The molecule has 0 N–H and O–H groups in total. The van der Waals surface area contributed by atoms with Crippen molar-refractivity contribution < 1.29 is 28.7 Å². The Labute approximate surface area is 203 Å². The molecule has 3 aliphatic rings. The molecule has 2 bridgehead atoms. The number of likely N-dealkylation sites (tertiary alicyclic amines) is 1. The quantitative estimate of drug-likeness (QED) is 0.448. The van der Waals surface area contributed by atoms with E-state index in [2.05, 4.69) is 11.8 Å². The van der Waals surface area contributed by atoms with Crippen molar-refractivity contribution in [1.82, 2.24) is 9.80 Å². The molecule has 8 heteroatoms. The van der Waals surface area contributed by atoms with Crippen LogP contribution >= 0.6 is 0 Å². The highest BCUT2D eigenvalue weighted by Crippen LogP contribution is 2.44. The van der Waals surface area contributed by atoms with Crippen molar-refractivity contribution >= 4 is 23.6 Å². The lowest BCUT2D eigenvalue weighted by Crippen LogP contribution is -2.48. The van der Waals surface area contributed by atoms with Crippen molar-refractivity contribution in [2.45, 2.75) is 44.5 Å². The van der Waals surface area contributed by atoms with Crippen LogP contribution in [0.1, 0.15) is 36.9 Å². The molecular formula is C27H28N2O6. The van der Waals surface area contributed by atoms with Crippen LogP contribution in [0.5, 0.6) is 0 Å². The lowest BCUT2D eigenvalue weighted by Gasteiger charge is -2.35. The number of ether oxygens (including phenoxy) is 2. The standard InChI is InChI=1S/C27H28N2O6/c1-17(19-10-6-3-7-11-19)28-14-20-12-21(28)25(31)24(20)23(30)13-22-26(32)35-16-29(22)27(33)34-15-18-8-4-2-5-9-18/h2-11,17,20-22,24H,12-16H2,1H3/t17-,20+,21+,22+,24?/m1/s1. The molecule has 1 saturated carbocycles. The Kier molecular flexibility index (Phi) is 6.38. The first kappa shape index (κ1) is 23.2. The van der Waals surface area contributed by atoms with E-state index in [0.717, 1.165) is 16.0 Å². The summed E-state index contributed by atoms with van der Waals surface area (Å²) in [5, 5.41) is 0. The van der Waals surface area contributed by atoms with Crippen molar-refractivity contribution in [2.24, 2.45) is 11.8 Å². The Morgan fingerprint density at radius 3 is 2.43 bits per heavy atom. The van der Waals surface area contributed by atoms with E-state index in [-0.39, 0.29) is 49.3 Å². The highest BCUT2D eigenvalue weighted by molar-refractivity contribution is 6.08. The maximum Gasteiger partial charge on any atom is 0.413 e. The number of ketones is 2. The Hall–Kier alpha value is -3.52. The normalized spacial score (nSPS) is 26.6. The smallest absolute Gasteiger partial charge is 0.413 e. The number of Topliss-reactive ketones (excluding diaryl/α,β-unsaturated/α-hetero) is 2. The van der Waals surface area contributed by atoms with Crippen molar-refractivity contribution in [3.05, 3.63) is 71.8 Å². The van der Waals surface area contributed by atoms with Gasteiger partial charge in [-0.1, -0.05) is 60.7 Å². The molecule has 0 aromatic heterocycles. The summed E-state index contributed by atoms with van der Waals surface area (Å²) in [6.07, 6.45) is -0.322. The number of rotatable bonds is 7. The molecule has 5 atom stereocenters. The lowest BCUT2D eigenvalue weighted by atomic mass is 9.86. The van der Waals surface area contributed by atoms with E-state index >= 15 is 0 Å². The fraction of sp³-hybridized carbons (Fsp3) is 0.407. The lowest BCUT2D eigenvalue weighted by molar-refractivity contribution is -0.143. The molecule has 35 heavy (non-hydrogen) atoms. The van der Waals surface area contributed by atoms with Crippen LogP contribution < -0.4 is 0 Å². The maximum absolute atomic E-state index is 13.2. The second-order valence-electron chi connectivity index (χ2n) is 9.46. The van der Waals surface area contributed by atoms with Crippen LogP contribution in [0.2, 0.25) is 0 Å². The summed E-state index contributed by atoms with van der Waals surface area (Å²) in [6.45, 7) is 2.51. The summed E-state index contributed by atoms with van der Waals surface area (Å²) >= 11 is 0. The number of amides is 1. The predicted molar refractivity (Wildman–Crippen MR) is 125 cm³/mol. The highest BCUT2D eigenvalue weighted by Gasteiger charge is 2.55. The molecule has 0 radical (unpaired) electrons. The Bertz CT molecular complexity index is 1120. The number of hydrogen-bond donors (Lipinski definition) is 0. The van der Waals surface area contributed by atoms with E-state index < -0.39 is 24.0 Å². The third-order valence-electron chi connectivity index (χ3n) is 7.43. The van der Waals surface area contributed by atoms with E-state index in [1.165, 1.54) is 0 Å². The number of benzene rings is 2. The van der Waals surface area contributed by atoms with Crippen LogP contribution in [0.3, 0.4) is 0 Å². The van der Waals surface area contributed by atoms with Gasteiger partial charge in [-0.15, -0.1) is 0 Å².